The van der Waals surface area contributed by atoms with Gasteiger partial charge in [0.05, 0.1) is 4.90 Å². The molecular formula is C18H26N2O3S. The molecule has 0 aromatic heterocycles. The molecule has 132 valence electrons. The Balaban J connectivity index is 1.99. The van der Waals surface area contributed by atoms with Crippen LogP contribution in [0.5, 0.6) is 0 Å². The van der Waals surface area contributed by atoms with Gasteiger partial charge in [-0.1, -0.05) is 26.7 Å². The van der Waals surface area contributed by atoms with Crippen molar-refractivity contribution < 1.29 is 13.2 Å². The highest BCUT2D eigenvalue weighted by Gasteiger charge is 2.37. The predicted molar refractivity (Wildman–Crippen MR) is 94.7 cm³/mol. The van der Waals surface area contributed by atoms with E-state index in [1.165, 1.54) is 0 Å². The van der Waals surface area contributed by atoms with Crippen LogP contribution < -0.4 is 9.62 Å². The van der Waals surface area contributed by atoms with Crippen molar-refractivity contribution in [2.75, 3.05) is 11.4 Å². The standard InChI is InChI=1S/C18H26N2O3S/c1-4-20-16-10-9-14(11-15(16)18(2,3)12-17(20)21)24(22,23)19-13-7-5-6-8-13/h9-11,13,19H,4-8,12H2,1-3H3. The molecule has 1 amide bonds. The first kappa shape index (κ1) is 17.4. The molecule has 0 atom stereocenters. The first-order valence-corrected chi connectivity index (χ1v) is 10.2. The summed E-state index contributed by atoms with van der Waals surface area (Å²) in [6, 6.07) is 5.20. The summed E-state index contributed by atoms with van der Waals surface area (Å²) in [5.41, 5.74) is 1.40. The average molecular weight is 350 g/mol. The van der Waals surface area contributed by atoms with E-state index in [-0.39, 0.29) is 17.4 Å². The van der Waals surface area contributed by atoms with Crippen molar-refractivity contribution in [3.8, 4) is 0 Å². The quantitative estimate of drug-likeness (QED) is 0.908. The maximum atomic E-state index is 12.7. The number of benzene rings is 1. The summed E-state index contributed by atoms with van der Waals surface area (Å²) in [6.45, 7) is 6.52. The van der Waals surface area contributed by atoms with Gasteiger partial charge in [0.15, 0.2) is 0 Å². The highest BCUT2D eigenvalue weighted by molar-refractivity contribution is 7.89. The fourth-order valence-electron chi connectivity index (χ4n) is 3.84. The molecule has 0 bridgehead atoms. The molecule has 1 aliphatic carbocycles. The third-order valence-corrected chi connectivity index (χ3v) is 6.70. The van der Waals surface area contributed by atoms with Gasteiger partial charge in [-0.25, -0.2) is 13.1 Å². The van der Waals surface area contributed by atoms with Crippen LogP contribution in [0.1, 0.15) is 58.4 Å². The van der Waals surface area contributed by atoms with Gasteiger partial charge in [0, 0.05) is 30.1 Å². The van der Waals surface area contributed by atoms with E-state index in [9.17, 15) is 13.2 Å². The number of carbonyl (C=O) groups excluding carboxylic acids is 1. The highest BCUT2D eigenvalue weighted by Crippen LogP contribution is 2.41. The Bertz CT molecular complexity index is 750. The average Bonchev–Trinajstić information content (AvgIpc) is 2.99. The van der Waals surface area contributed by atoms with Gasteiger partial charge in [-0.3, -0.25) is 4.79 Å². The lowest BCUT2D eigenvalue weighted by Gasteiger charge is -2.38. The van der Waals surface area contributed by atoms with E-state index < -0.39 is 10.0 Å². The van der Waals surface area contributed by atoms with Crippen LogP contribution in [-0.2, 0) is 20.2 Å². The van der Waals surface area contributed by atoms with E-state index in [1.54, 1.807) is 23.1 Å². The van der Waals surface area contributed by atoms with Crippen molar-refractivity contribution in [1.29, 1.82) is 0 Å². The van der Waals surface area contributed by atoms with Crippen molar-refractivity contribution >= 4 is 21.6 Å². The Morgan fingerprint density at radius 3 is 2.54 bits per heavy atom. The summed E-state index contributed by atoms with van der Waals surface area (Å²) < 4.78 is 28.2. The van der Waals surface area contributed by atoms with Gasteiger partial charge in [-0.15, -0.1) is 0 Å². The SMILES string of the molecule is CCN1C(=O)CC(C)(C)c2cc(S(=O)(=O)NC3CCCC3)ccc21. The lowest BCUT2D eigenvalue weighted by Crippen LogP contribution is -2.42. The molecule has 1 saturated carbocycles. The van der Waals surface area contributed by atoms with Crippen LogP contribution in [-0.4, -0.2) is 26.9 Å². The molecule has 2 aliphatic rings. The van der Waals surface area contributed by atoms with E-state index in [1.807, 2.05) is 20.8 Å². The largest absolute Gasteiger partial charge is 0.312 e. The van der Waals surface area contributed by atoms with Crippen molar-refractivity contribution in [1.82, 2.24) is 4.72 Å². The minimum Gasteiger partial charge on any atom is -0.312 e. The normalized spacial score (nSPS) is 21.1. The number of fused-ring (bicyclic) bond motifs is 1. The van der Waals surface area contributed by atoms with Crippen LogP contribution >= 0.6 is 0 Å². The Morgan fingerprint density at radius 1 is 1.25 bits per heavy atom. The summed E-state index contributed by atoms with van der Waals surface area (Å²) >= 11 is 0. The van der Waals surface area contributed by atoms with E-state index in [4.69, 9.17) is 0 Å². The Kier molecular flexibility index (Phi) is 4.47. The topological polar surface area (TPSA) is 66.5 Å². The summed E-state index contributed by atoms with van der Waals surface area (Å²) in [4.78, 5) is 14.3. The van der Waals surface area contributed by atoms with E-state index in [2.05, 4.69) is 4.72 Å². The zero-order chi connectivity index (χ0) is 17.5. The predicted octanol–water partition coefficient (Wildman–Crippen LogP) is 2.94. The van der Waals surface area contributed by atoms with Gasteiger partial charge in [0.1, 0.15) is 0 Å². The smallest absolute Gasteiger partial charge is 0.240 e. The molecule has 1 heterocycles. The monoisotopic (exact) mass is 350 g/mol. The molecule has 0 unspecified atom stereocenters. The third-order valence-electron chi connectivity index (χ3n) is 5.19. The number of hydrogen-bond donors (Lipinski definition) is 1. The minimum atomic E-state index is -3.52. The molecule has 1 N–H and O–H groups in total. The first-order chi connectivity index (χ1) is 11.2. The molecule has 0 radical (unpaired) electrons. The second-order valence-corrected chi connectivity index (χ2v) is 9.19. The van der Waals surface area contributed by atoms with Gasteiger partial charge in [0.2, 0.25) is 15.9 Å². The lowest BCUT2D eigenvalue weighted by molar-refractivity contribution is -0.120. The maximum absolute atomic E-state index is 12.7. The number of nitrogens with one attached hydrogen (secondary N) is 1. The second-order valence-electron chi connectivity index (χ2n) is 7.48. The summed E-state index contributed by atoms with van der Waals surface area (Å²) in [7, 11) is -3.52. The van der Waals surface area contributed by atoms with Crippen molar-refractivity contribution in [2.24, 2.45) is 0 Å². The van der Waals surface area contributed by atoms with Crippen molar-refractivity contribution in [3.63, 3.8) is 0 Å². The Morgan fingerprint density at radius 2 is 1.92 bits per heavy atom. The van der Waals surface area contributed by atoms with Crippen LogP contribution in [0.15, 0.2) is 23.1 Å². The molecule has 1 aliphatic heterocycles. The van der Waals surface area contributed by atoms with Gasteiger partial charge in [-0.05, 0) is 43.5 Å². The van der Waals surface area contributed by atoms with Crippen LogP contribution in [0.25, 0.3) is 0 Å². The van der Waals surface area contributed by atoms with Crippen molar-refractivity contribution in [2.45, 2.75) is 69.2 Å². The van der Waals surface area contributed by atoms with E-state index in [0.717, 1.165) is 36.9 Å². The molecular weight excluding hydrogens is 324 g/mol. The molecule has 0 saturated heterocycles. The molecule has 6 heteroatoms. The minimum absolute atomic E-state index is 0.0489. The summed E-state index contributed by atoms with van der Waals surface area (Å²) in [6.07, 6.45) is 4.38. The first-order valence-electron chi connectivity index (χ1n) is 8.72. The maximum Gasteiger partial charge on any atom is 0.240 e. The zero-order valence-corrected chi connectivity index (χ0v) is 15.4. The molecule has 1 aromatic rings. The number of hydrogen-bond acceptors (Lipinski definition) is 3. The van der Waals surface area contributed by atoms with E-state index in [0.29, 0.717) is 17.9 Å². The number of anilines is 1. The number of sulfonamides is 1. The zero-order valence-electron chi connectivity index (χ0n) is 14.6. The lowest BCUT2D eigenvalue weighted by atomic mass is 9.77. The van der Waals surface area contributed by atoms with Gasteiger partial charge < -0.3 is 4.90 Å². The summed E-state index contributed by atoms with van der Waals surface area (Å²) in [5, 5.41) is 0. The molecule has 3 rings (SSSR count). The number of amides is 1. The summed E-state index contributed by atoms with van der Waals surface area (Å²) in [5.74, 6) is 0.0923. The number of carbonyl (C=O) groups is 1. The molecule has 24 heavy (non-hydrogen) atoms. The Hall–Kier alpha value is -1.40. The highest BCUT2D eigenvalue weighted by atomic mass is 32.2. The fourth-order valence-corrected chi connectivity index (χ4v) is 5.17. The van der Waals surface area contributed by atoms with E-state index >= 15 is 0 Å². The van der Waals surface area contributed by atoms with Gasteiger partial charge in [-0.2, -0.15) is 0 Å². The fraction of sp³-hybridized carbons (Fsp3) is 0.611. The van der Waals surface area contributed by atoms with Gasteiger partial charge >= 0.3 is 0 Å². The third kappa shape index (κ3) is 3.09. The van der Waals surface area contributed by atoms with Crippen LogP contribution in [0.4, 0.5) is 5.69 Å². The van der Waals surface area contributed by atoms with Crippen LogP contribution in [0.3, 0.4) is 0 Å². The molecule has 1 fully saturated rings. The molecule has 1 aromatic carbocycles. The van der Waals surface area contributed by atoms with Gasteiger partial charge in [0.25, 0.3) is 0 Å². The second kappa shape index (κ2) is 6.15. The molecule has 5 nitrogen and oxygen atoms in total. The Labute approximate surface area is 144 Å². The van der Waals surface area contributed by atoms with Crippen LogP contribution in [0, 0.1) is 0 Å². The molecule has 0 spiro atoms. The number of rotatable bonds is 4. The van der Waals surface area contributed by atoms with Crippen LogP contribution in [0.2, 0.25) is 0 Å². The number of nitrogens with zero attached hydrogens (tertiary/aromatic N) is 1. The van der Waals surface area contributed by atoms with Crippen molar-refractivity contribution in [3.05, 3.63) is 23.8 Å².